The van der Waals surface area contributed by atoms with Crippen molar-refractivity contribution >= 4 is 40.5 Å². The highest BCUT2D eigenvalue weighted by Crippen LogP contribution is 2.28. The fourth-order valence-corrected chi connectivity index (χ4v) is 2.06. The van der Waals surface area contributed by atoms with E-state index < -0.39 is 22.9 Å². The Balaban J connectivity index is 2.24. The topological polar surface area (TPSA) is 116 Å². The summed E-state index contributed by atoms with van der Waals surface area (Å²) < 4.78 is 5.84. The zero-order chi connectivity index (χ0) is 17.9. The van der Waals surface area contributed by atoms with Gasteiger partial charge in [-0.25, -0.2) is 4.68 Å². The fraction of sp³-hybridized carbons (Fsp3) is 0.154. The van der Waals surface area contributed by atoms with Crippen LogP contribution in [0.2, 0.25) is 10.0 Å². The van der Waals surface area contributed by atoms with Crippen LogP contribution in [-0.2, 0) is 11.3 Å². The lowest BCUT2D eigenvalue weighted by Crippen LogP contribution is -2.30. The van der Waals surface area contributed by atoms with Gasteiger partial charge in [-0.3, -0.25) is 19.7 Å². The number of anilines is 1. The Labute approximate surface area is 144 Å². The highest BCUT2D eigenvalue weighted by Gasteiger charge is 2.15. The number of amides is 1. The van der Waals surface area contributed by atoms with Crippen LogP contribution in [0.1, 0.15) is 0 Å². The number of hydrogen-bond donors (Lipinski definition) is 1. The zero-order valence-electron chi connectivity index (χ0n) is 12.2. The number of hydrogen-bond acceptors (Lipinski definition) is 6. The molecule has 11 heteroatoms. The third kappa shape index (κ3) is 3.81. The molecule has 0 fully saturated rings. The molecule has 0 saturated carbocycles. The van der Waals surface area contributed by atoms with Crippen molar-refractivity contribution < 1.29 is 14.5 Å². The van der Waals surface area contributed by atoms with E-state index in [9.17, 15) is 19.7 Å². The highest BCUT2D eigenvalue weighted by molar-refractivity contribution is 6.41. The van der Waals surface area contributed by atoms with Crippen molar-refractivity contribution in [2.24, 2.45) is 0 Å². The van der Waals surface area contributed by atoms with Crippen molar-refractivity contribution in [1.29, 1.82) is 0 Å². The fourth-order valence-electron chi connectivity index (χ4n) is 1.79. The summed E-state index contributed by atoms with van der Waals surface area (Å²) in [6.45, 7) is -0.457. The van der Waals surface area contributed by atoms with Gasteiger partial charge >= 0.3 is 0 Å². The maximum absolute atomic E-state index is 12.1. The van der Waals surface area contributed by atoms with E-state index in [1.807, 2.05) is 0 Å². The molecular weight excluding hydrogens is 363 g/mol. The van der Waals surface area contributed by atoms with Gasteiger partial charge in [-0.1, -0.05) is 23.2 Å². The Morgan fingerprint density at radius 2 is 2.17 bits per heavy atom. The standard InChI is InChI=1S/C13H10Cl2N4O5/c1-24-10-3-2-7(19(22)23)4-9(10)17-11(20)6-18-13(21)12(15)8(14)5-16-18/h2-5H,6H2,1H3,(H,17,20). The van der Waals surface area contributed by atoms with Crippen LogP contribution in [0.3, 0.4) is 0 Å². The molecule has 0 atom stereocenters. The Bertz CT molecular complexity index is 868. The number of rotatable bonds is 5. The third-order valence-corrected chi connectivity index (χ3v) is 3.65. The second kappa shape index (κ2) is 7.28. The summed E-state index contributed by atoms with van der Waals surface area (Å²) in [5, 5.41) is 16.6. The first-order chi connectivity index (χ1) is 11.3. The third-order valence-electron chi connectivity index (χ3n) is 2.90. The lowest BCUT2D eigenvalue weighted by atomic mass is 10.2. The number of carbonyl (C=O) groups excluding carboxylic acids is 1. The summed E-state index contributed by atoms with van der Waals surface area (Å²) in [4.78, 5) is 34.1. The van der Waals surface area contributed by atoms with Crippen LogP contribution in [0.25, 0.3) is 0 Å². The molecular formula is C13H10Cl2N4O5. The molecule has 0 aliphatic rings. The van der Waals surface area contributed by atoms with E-state index >= 15 is 0 Å². The molecule has 0 aliphatic heterocycles. The number of aromatic nitrogens is 2. The predicted molar refractivity (Wildman–Crippen MR) is 86.8 cm³/mol. The molecule has 1 aromatic carbocycles. The SMILES string of the molecule is COc1ccc([N+](=O)[O-])cc1NC(=O)Cn1ncc(Cl)c(Cl)c1=O. The van der Waals surface area contributed by atoms with Crippen LogP contribution < -0.4 is 15.6 Å². The normalized spacial score (nSPS) is 10.3. The van der Waals surface area contributed by atoms with Gasteiger partial charge in [-0.2, -0.15) is 5.10 Å². The molecule has 1 aromatic heterocycles. The monoisotopic (exact) mass is 372 g/mol. The molecule has 1 amide bonds. The molecule has 1 heterocycles. The second-order valence-electron chi connectivity index (χ2n) is 4.46. The molecule has 9 nitrogen and oxygen atoms in total. The number of nitrogens with zero attached hydrogens (tertiary/aromatic N) is 3. The van der Waals surface area contributed by atoms with E-state index in [0.29, 0.717) is 0 Å². The van der Waals surface area contributed by atoms with Crippen molar-refractivity contribution in [3.05, 3.63) is 54.9 Å². The van der Waals surface area contributed by atoms with Crippen LogP contribution >= 0.6 is 23.2 Å². The molecule has 0 saturated heterocycles. The minimum Gasteiger partial charge on any atom is -0.495 e. The van der Waals surface area contributed by atoms with Crippen LogP contribution in [0.15, 0.2) is 29.2 Å². The lowest BCUT2D eigenvalue weighted by molar-refractivity contribution is -0.384. The van der Waals surface area contributed by atoms with Gasteiger partial charge in [0.05, 0.1) is 28.9 Å². The van der Waals surface area contributed by atoms with E-state index in [4.69, 9.17) is 27.9 Å². The largest absolute Gasteiger partial charge is 0.495 e. The number of ether oxygens (including phenoxy) is 1. The molecule has 0 radical (unpaired) electrons. The van der Waals surface area contributed by atoms with Gasteiger partial charge in [-0.05, 0) is 6.07 Å². The van der Waals surface area contributed by atoms with Gasteiger partial charge in [0.25, 0.3) is 11.2 Å². The van der Waals surface area contributed by atoms with Gasteiger partial charge in [-0.15, -0.1) is 0 Å². The van der Waals surface area contributed by atoms with Gasteiger partial charge in [0.2, 0.25) is 5.91 Å². The predicted octanol–water partition coefficient (Wildman–Crippen LogP) is 2.11. The summed E-state index contributed by atoms with van der Waals surface area (Å²) >= 11 is 11.3. The Hall–Kier alpha value is -2.65. The zero-order valence-corrected chi connectivity index (χ0v) is 13.7. The van der Waals surface area contributed by atoms with Crippen LogP contribution in [0, 0.1) is 10.1 Å². The smallest absolute Gasteiger partial charge is 0.287 e. The average molecular weight is 373 g/mol. The van der Waals surface area contributed by atoms with Crippen LogP contribution in [-0.4, -0.2) is 27.7 Å². The number of benzene rings is 1. The van der Waals surface area contributed by atoms with Crippen molar-refractivity contribution in [3.63, 3.8) is 0 Å². The molecule has 1 N–H and O–H groups in total. The van der Waals surface area contributed by atoms with Gasteiger partial charge < -0.3 is 10.1 Å². The van der Waals surface area contributed by atoms with Crippen molar-refractivity contribution in [2.45, 2.75) is 6.54 Å². The first kappa shape index (κ1) is 17.7. The van der Waals surface area contributed by atoms with Gasteiger partial charge in [0.1, 0.15) is 17.3 Å². The molecule has 0 aliphatic carbocycles. The number of halogens is 2. The Kier molecular flexibility index (Phi) is 5.37. The molecule has 24 heavy (non-hydrogen) atoms. The first-order valence-electron chi connectivity index (χ1n) is 6.37. The number of nitro benzene ring substituents is 1. The molecule has 2 rings (SSSR count). The minimum absolute atomic E-state index is 0.0290. The van der Waals surface area contributed by atoms with Crippen molar-refractivity contribution in [2.75, 3.05) is 12.4 Å². The highest BCUT2D eigenvalue weighted by atomic mass is 35.5. The number of nitrogens with one attached hydrogen (secondary N) is 1. The minimum atomic E-state index is -0.731. The van der Waals surface area contributed by atoms with Crippen LogP contribution in [0.5, 0.6) is 5.75 Å². The molecule has 0 bridgehead atoms. The number of non-ortho nitro benzene ring substituents is 1. The quantitative estimate of drug-likeness (QED) is 0.634. The van der Waals surface area contributed by atoms with E-state index in [1.54, 1.807) is 0 Å². The molecule has 126 valence electrons. The maximum atomic E-state index is 12.1. The first-order valence-corrected chi connectivity index (χ1v) is 7.12. The molecule has 2 aromatic rings. The average Bonchev–Trinajstić information content (AvgIpc) is 2.55. The van der Waals surface area contributed by atoms with E-state index in [2.05, 4.69) is 10.4 Å². The number of carbonyl (C=O) groups is 1. The second-order valence-corrected chi connectivity index (χ2v) is 5.24. The van der Waals surface area contributed by atoms with Gasteiger partial charge in [0, 0.05) is 12.1 Å². The summed E-state index contributed by atoms with van der Waals surface area (Å²) in [5.41, 5.74) is -0.869. The molecule has 0 unspecified atom stereocenters. The Morgan fingerprint density at radius 3 is 2.79 bits per heavy atom. The summed E-state index contributed by atoms with van der Waals surface area (Å²) in [7, 11) is 1.35. The Morgan fingerprint density at radius 1 is 1.46 bits per heavy atom. The van der Waals surface area contributed by atoms with E-state index in [1.165, 1.54) is 19.2 Å². The molecule has 0 spiro atoms. The van der Waals surface area contributed by atoms with Crippen LogP contribution in [0.4, 0.5) is 11.4 Å². The summed E-state index contributed by atoms with van der Waals surface area (Å²) in [5.74, 6) is -0.426. The summed E-state index contributed by atoms with van der Waals surface area (Å²) in [6, 6.07) is 3.72. The lowest BCUT2D eigenvalue weighted by Gasteiger charge is -2.10. The number of methoxy groups -OCH3 is 1. The van der Waals surface area contributed by atoms with Gasteiger partial charge in [0.15, 0.2) is 0 Å². The van der Waals surface area contributed by atoms with E-state index in [-0.39, 0.29) is 27.2 Å². The number of nitro groups is 1. The van der Waals surface area contributed by atoms with Crippen molar-refractivity contribution in [1.82, 2.24) is 9.78 Å². The van der Waals surface area contributed by atoms with Crippen molar-refractivity contribution in [3.8, 4) is 5.75 Å². The van der Waals surface area contributed by atoms with E-state index in [0.717, 1.165) is 16.9 Å². The summed E-state index contributed by atoms with van der Waals surface area (Å²) in [6.07, 6.45) is 1.13. The maximum Gasteiger partial charge on any atom is 0.287 e.